The molecule has 0 N–H and O–H groups in total. The first-order valence-electron chi connectivity index (χ1n) is 14.6. The summed E-state index contributed by atoms with van der Waals surface area (Å²) in [6, 6.07) is 1.92. The van der Waals surface area contributed by atoms with E-state index in [1.165, 1.54) is 92.9 Å². The zero-order valence-corrected chi connectivity index (χ0v) is 24.7. The van der Waals surface area contributed by atoms with Gasteiger partial charge in [-0.15, -0.1) is 0 Å². The third-order valence-electron chi connectivity index (χ3n) is 8.47. The zero-order chi connectivity index (χ0) is 28.4. The molecule has 0 radical (unpaired) electrons. The molecule has 2 saturated carbocycles. The average Bonchev–Trinajstić information content (AvgIpc) is 3.23. The van der Waals surface area contributed by atoms with Crippen LogP contribution in [0.1, 0.15) is 139 Å². The van der Waals surface area contributed by atoms with Crippen molar-refractivity contribution in [2.24, 2.45) is 4.99 Å². The SMILES string of the molecule is Cc1c(C)[n+](C2CCCCC2)c(N=c2n(C(C)C)c(C)c(C)n2C(C)C)n1C1CCCCC1.F[B-](F)(F)F. The summed E-state index contributed by atoms with van der Waals surface area (Å²) in [4.78, 5) is 5.65. The van der Waals surface area contributed by atoms with Gasteiger partial charge >= 0.3 is 13.2 Å². The smallest absolute Gasteiger partial charge is 0.418 e. The van der Waals surface area contributed by atoms with Gasteiger partial charge in [0.25, 0.3) is 5.62 Å². The number of aromatic nitrogens is 4. The molecule has 5 nitrogen and oxygen atoms in total. The van der Waals surface area contributed by atoms with Crippen LogP contribution in [-0.4, -0.2) is 21.0 Å². The van der Waals surface area contributed by atoms with Crippen molar-refractivity contribution in [2.75, 3.05) is 0 Å². The third-order valence-corrected chi connectivity index (χ3v) is 8.47. The molecule has 2 heterocycles. The van der Waals surface area contributed by atoms with Gasteiger partial charge in [0.1, 0.15) is 11.4 Å². The first kappa shape index (κ1) is 30.5. The molecule has 0 unspecified atom stereocenters. The Morgan fingerprint density at radius 1 is 0.711 bits per heavy atom. The van der Waals surface area contributed by atoms with Crippen LogP contribution in [0.2, 0.25) is 0 Å². The minimum Gasteiger partial charge on any atom is -0.418 e. The van der Waals surface area contributed by atoms with Gasteiger partial charge in [-0.1, -0.05) is 12.8 Å². The number of imidazole rings is 2. The summed E-state index contributed by atoms with van der Waals surface area (Å²) in [5, 5.41) is 0. The quantitative estimate of drug-likeness (QED) is 0.207. The van der Waals surface area contributed by atoms with Crippen molar-refractivity contribution in [1.29, 1.82) is 0 Å². The molecule has 2 aliphatic rings. The number of halogens is 4. The highest BCUT2D eigenvalue weighted by Crippen LogP contribution is 2.35. The van der Waals surface area contributed by atoms with E-state index < -0.39 is 7.25 Å². The van der Waals surface area contributed by atoms with Crippen LogP contribution in [0.5, 0.6) is 0 Å². The Morgan fingerprint density at radius 2 is 1.13 bits per heavy atom. The van der Waals surface area contributed by atoms with Crippen LogP contribution in [0, 0.1) is 27.7 Å². The van der Waals surface area contributed by atoms with E-state index in [9.17, 15) is 17.3 Å². The molecule has 0 aliphatic heterocycles. The van der Waals surface area contributed by atoms with Gasteiger partial charge in [0.05, 0.1) is 12.1 Å². The standard InChI is InChI=1S/C28H48N5.BF4/c1-19(2)30-21(5)22(6)31(20(3)4)27(30)29-28-32(25-15-11-9-12-16-25)23(7)24(8)33(28)26-17-13-10-14-18-26;2-1(3,4)5/h19-20,25-26H,9-18H2,1-8H3;/q+1;-1. The van der Waals surface area contributed by atoms with E-state index in [-0.39, 0.29) is 0 Å². The molecule has 0 spiro atoms. The molecule has 2 fully saturated rings. The third kappa shape index (κ3) is 6.76. The molecule has 0 amide bonds. The predicted octanol–water partition coefficient (Wildman–Crippen LogP) is 8.32. The summed E-state index contributed by atoms with van der Waals surface area (Å²) < 4.78 is 49.2. The number of hydrogen-bond acceptors (Lipinski definition) is 1. The lowest BCUT2D eigenvalue weighted by atomic mass is 9.95. The Bertz CT molecular complexity index is 1060. The van der Waals surface area contributed by atoms with Crippen LogP contribution in [0.25, 0.3) is 0 Å². The minimum absolute atomic E-state index is 0.380. The van der Waals surface area contributed by atoms with Gasteiger partial charge in [0.2, 0.25) is 0 Å². The van der Waals surface area contributed by atoms with Crippen molar-refractivity contribution in [2.45, 2.75) is 144 Å². The first-order chi connectivity index (χ1) is 17.7. The molecule has 2 aromatic rings. The van der Waals surface area contributed by atoms with Crippen molar-refractivity contribution in [3.05, 3.63) is 28.4 Å². The summed E-state index contributed by atoms with van der Waals surface area (Å²) in [6.07, 6.45) is 13.3. The molecule has 0 saturated heterocycles. The lowest BCUT2D eigenvalue weighted by molar-refractivity contribution is -0.718. The van der Waals surface area contributed by atoms with Crippen LogP contribution < -0.4 is 10.2 Å². The Morgan fingerprint density at radius 3 is 1.55 bits per heavy atom. The maximum absolute atomic E-state index is 9.75. The molecule has 2 aromatic heterocycles. The van der Waals surface area contributed by atoms with Gasteiger partial charge in [-0.3, -0.25) is 9.13 Å². The molecule has 2 aliphatic carbocycles. The lowest BCUT2D eigenvalue weighted by Crippen LogP contribution is -2.43. The fourth-order valence-corrected chi connectivity index (χ4v) is 6.62. The monoisotopic (exact) mass is 541 g/mol. The second-order valence-electron chi connectivity index (χ2n) is 11.8. The van der Waals surface area contributed by atoms with Crippen molar-refractivity contribution in [3.63, 3.8) is 0 Å². The van der Waals surface area contributed by atoms with Crippen molar-refractivity contribution in [3.8, 4) is 0 Å². The van der Waals surface area contributed by atoms with Crippen LogP contribution >= 0.6 is 0 Å². The van der Waals surface area contributed by atoms with E-state index in [0.717, 1.165) is 5.62 Å². The van der Waals surface area contributed by atoms with Gasteiger partial charge in [-0.2, -0.15) is 0 Å². The summed E-state index contributed by atoms with van der Waals surface area (Å²) in [7, 11) is -6.00. The first-order valence-corrected chi connectivity index (χ1v) is 14.6. The number of rotatable bonds is 5. The summed E-state index contributed by atoms with van der Waals surface area (Å²) in [6.45, 7) is 18.4. The molecule has 0 atom stereocenters. The van der Waals surface area contributed by atoms with E-state index in [0.29, 0.717) is 24.2 Å². The molecule has 4 rings (SSSR count). The van der Waals surface area contributed by atoms with Crippen LogP contribution in [-0.2, 0) is 0 Å². The highest BCUT2D eigenvalue weighted by Gasteiger charge is 2.35. The second kappa shape index (κ2) is 12.5. The normalized spacial score (nSPS) is 17.7. The second-order valence-corrected chi connectivity index (χ2v) is 11.8. The largest absolute Gasteiger partial charge is 0.673 e. The topological polar surface area (TPSA) is 31.0 Å². The predicted molar refractivity (Wildman–Crippen MR) is 146 cm³/mol. The lowest BCUT2D eigenvalue weighted by Gasteiger charge is -2.23. The fraction of sp³-hybridized carbons (Fsp3) is 0.786. The van der Waals surface area contributed by atoms with Gasteiger partial charge in [0.15, 0.2) is 0 Å². The molecule has 0 aromatic carbocycles. The minimum atomic E-state index is -6.00. The van der Waals surface area contributed by atoms with Crippen LogP contribution in [0.4, 0.5) is 23.2 Å². The summed E-state index contributed by atoms with van der Waals surface area (Å²) in [5.74, 6) is 1.21. The van der Waals surface area contributed by atoms with Crippen LogP contribution in [0.15, 0.2) is 4.99 Å². The molecular weight excluding hydrogens is 493 g/mol. The highest BCUT2D eigenvalue weighted by molar-refractivity contribution is 6.50. The Balaban J connectivity index is 0.000000732. The molecular formula is C28H48BF4N5. The molecule has 216 valence electrons. The average molecular weight is 542 g/mol. The fourth-order valence-electron chi connectivity index (χ4n) is 6.62. The van der Waals surface area contributed by atoms with E-state index in [1.54, 1.807) is 0 Å². The molecule has 10 heteroatoms. The van der Waals surface area contributed by atoms with Crippen molar-refractivity contribution in [1.82, 2.24) is 13.7 Å². The van der Waals surface area contributed by atoms with Gasteiger partial charge < -0.3 is 17.3 Å². The van der Waals surface area contributed by atoms with Gasteiger partial charge in [-0.25, -0.2) is 9.13 Å². The molecule has 0 bridgehead atoms. The van der Waals surface area contributed by atoms with Crippen molar-refractivity contribution >= 4 is 13.2 Å². The maximum Gasteiger partial charge on any atom is 0.673 e. The summed E-state index contributed by atoms with van der Waals surface area (Å²) in [5.41, 5.74) is 6.66. The van der Waals surface area contributed by atoms with Crippen LogP contribution in [0.3, 0.4) is 0 Å². The van der Waals surface area contributed by atoms with E-state index in [4.69, 9.17) is 4.99 Å². The number of nitrogens with zero attached hydrogens (tertiary/aromatic N) is 5. The summed E-state index contributed by atoms with van der Waals surface area (Å²) >= 11 is 0. The Hall–Kier alpha value is -2.00. The van der Waals surface area contributed by atoms with Crippen molar-refractivity contribution < 1.29 is 21.8 Å². The van der Waals surface area contributed by atoms with E-state index >= 15 is 0 Å². The molecule has 38 heavy (non-hydrogen) atoms. The van der Waals surface area contributed by atoms with E-state index in [2.05, 4.69) is 73.7 Å². The highest BCUT2D eigenvalue weighted by atomic mass is 19.5. The van der Waals surface area contributed by atoms with Gasteiger partial charge in [0, 0.05) is 23.5 Å². The zero-order valence-electron chi connectivity index (χ0n) is 24.7. The Labute approximate surface area is 226 Å². The Kier molecular flexibility index (Phi) is 10.0. The van der Waals surface area contributed by atoms with Gasteiger partial charge in [-0.05, 0) is 112 Å². The van der Waals surface area contributed by atoms with E-state index in [1.807, 2.05) is 0 Å². The maximum atomic E-state index is 9.75. The number of hydrogen-bond donors (Lipinski definition) is 0.